The van der Waals surface area contributed by atoms with Crippen molar-refractivity contribution in [2.45, 2.75) is 12.8 Å². The highest BCUT2D eigenvalue weighted by molar-refractivity contribution is 6.33. The van der Waals surface area contributed by atoms with Crippen LogP contribution in [0.25, 0.3) is 0 Å². The highest BCUT2D eigenvalue weighted by Crippen LogP contribution is 2.35. The number of amides is 2. The molecule has 38 heavy (non-hydrogen) atoms. The second kappa shape index (κ2) is 11.1. The molecule has 2 heterocycles. The molecule has 0 aromatic heterocycles. The largest absolute Gasteiger partial charge is 0.371 e. The fourth-order valence-electron chi connectivity index (χ4n) is 5.44. The molecule has 2 saturated heterocycles. The number of aryl methyl sites for hydroxylation is 1. The van der Waals surface area contributed by atoms with E-state index in [2.05, 4.69) is 22.3 Å². The van der Waals surface area contributed by atoms with Gasteiger partial charge in [0, 0.05) is 50.2 Å². The number of fused-ring (bicyclic) bond motifs is 1. The molecular weight excluding hydrogens is 515 g/mol. The third-order valence-corrected chi connectivity index (χ3v) is 7.66. The zero-order valence-electron chi connectivity index (χ0n) is 20.6. The van der Waals surface area contributed by atoms with Gasteiger partial charge < -0.3 is 15.1 Å². The molecule has 2 amide bonds. The highest BCUT2D eigenvalue weighted by atomic mass is 35.5. The molecule has 3 aromatic carbocycles. The van der Waals surface area contributed by atoms with Gasteiger partial charge in [0.25, 0.3) is 11.8 Å². The van der Waals surface area contributed by atoms with Crippen molar-refractivity contribution in [2.75, 3.05) is 37.6 Å². The van der Waals surface area contributed by atoms with Crippen LogP contribution < -0.4 is 10.2 Å². The normalized spacial score (nSPS) is 18.5. The fraction of sp³-hybridized carbons (Fsp3) is 0.310. The van der Waals surface area contributed by atoms with E-state index in [1.165, 1.54) is 24.3 Å². The summed E-state index contributed by atoms with van der Waals surface area (Å²) < 4.78 is 41.8. The summed E-state index contributed by atoms with van der Waals surface area (Å²) in [7, 11) is 0. The zero-order chi connectivity index (χ0) is 26.8. The van der Waals surface area contributed by atoms with Gasteiger partial charge >= 0.3 is 0 Å². The molecule has 5 rings (SSSR count). The monoisotopic (exact) mass is 541 g/mol. The second-order valence-corrected chi connectivity index (χ2v) is 10.3. The number of halogens is 4. The van der Waals surface area contributed by atoms with Crippen molar-refractivity contribution >= 4 is 29.1 Å². The Labute approximate surface area is 224 Å². The van der Waals surface area contributed by atoms with Crippen molar-refractivity contribution in [2.24, 2.45) is 11.8 Å². The summed E-state index contributed by atoms with van der Waals surface area (Å²) in [6, 6.07) is 15.8. The van der Waals surface area contributed by atoms with E-state index in [0.29, 0.717) is 44.3 Å². The molecule has 2 fully saturated rings. The summed E-state index contributed by atoms with van der Waals surface area (Å²) >= 11 is 6.10. The molecule has 5 nitrogen and oxygen atoms in total. The first-order valence-electron chi connectivity index (χ1n) is 12.6. The maximum absolute atomic E-state index is 14.2. The van der Waals surface area contributed by atoms with Crippen LogP contribution in [0.2, 0.25) is 5.02 Å². The first-order valence-corrected chi connectivity index (χ1v) is 13.0. The maximum atomic E-state index is 14.2. The van der Waals surface area contributed by atoms with Crippen molar-refractivity contribution in [3.05, 3.63) is 99.8 Å². The summed E-state index contributed by atoms with van der Waals surface area (Å²) in [5.74, 6) is -2.90. The molecule has 0 aliphatic carbocycles. The van der Waals surface area contributed by atoms with E-state index in [1.54, 1.807) is 4.90 Å². The molecule has 2 atom stereocenters. The van der Waals surface area contributed by atoms with Gasteiger partial charge in [0.15, 0.2) is 0 Å². The quantitative estimate of drug-likeness (QED) is 0.412. The minimum absolute atomic E-state index is 0.0612. The summed E-state index contributed by atoms with van der Waals surface area (Å²) in [5, 5.41) is 2.72. The van der Waals surface area contributed by atoms with Crippen LogP contribution in [0.15, 0.2) is 60.7 Å². The Morgan fingerprint density at radius 1 is 0.842 bits per heavy atom. The average molecular weight is 542 g/mol. The van der Waals surface area contributed by atoms with Gasteiger partial charge in [0.05, 0.1) is 10.6 Å². The predicted molar refractivity (Wildman–Crippen MR) is 140 cm³/mol. The number of anilines is 1. The molecule has 0 radical (unpaired) electrons. The summed E-state index contributed by atoms with van der Waals surface area (Å²) in [6.45, 7) is 3.01. The topological polar surface area (TPSA) is 52.7 Å². The number of carbonyl (C=O) groups excluding carboxylic acids is 2. The van der Waals surface area contributed by atoms with Crippen LogP contribution in [0.3, 0.4) is 0 Å². The van der Waals surface area contributed by atoms with Crippen molar-refractivity contribution in [1.29, 1.82) is 0 Å². The van der Waals surface area contributed by atoms with Crippen LogP contribution >= 0.6 is 11.6 Å². The van der Waals surface area contributed by atoms with E-state index in [1.807, 2.05) is 12.1 Å². The van der Waals surface area contributed by atoms with Crippen LogP contribution in [0, 0.1) is 29.3 Å². The van der Waals surface area contributed by atoms with E-state index in [9.17, 15) is 22.8 Å². The standard InChI is InChI=1S/C29H27ClF3N3O2/c30-22-8-2-9-23(31)26(22)29(38)36-16-19-14-35(15-20(19)17-36)21-7-1-5-18(13-21)6-4-12-34-28(37)27-24(32)10-3-11-25(27)33/h1-3,5,7-11,13,19-20H,4,6,12,14-17H2,(H,34,37). The third-order valence-electron chi connectivity index (χ3n) is 7.34. The van der Waals surface area contributed by atoms with Gasteiger partial charge in [-0.2, -0.15) is 0 Å². The zero-order valence-corrected chi connectivity index (χ0v) is 21.4. The van der Waals surface area contributed by atoms with E-state index in [4.69, 9.17) is 11.6 Å². The fourth-order valence-corrected chi connectivity index (χ4v) is 5.68. The minimum atomic E-state index is -0.880. The van der Waals surface area contributed by atoms with Crippen molar-refractivity contribution in [3.8, 4) is 0 Å². The van der Waals surface area contributed by atoms with Crippen LogP contribution in [-0.4, -0.2) is 49.4 Å². The molecule has 1 N–H and O–H groups in total. The van der Waals surface area contributed by atoms with Crippen LogP contribution in [-0.2, 0) is 6.42 Å². The number of benzene rings is 3. The lowest BCUT2D eigenvalue weighted by molar-refractivity contribution is 0.0777. The average Bonchev–Trinajstić information content (AvgIpc) is 3.46. The van der Waals surface area contributed by atoms with Crippen LogP contribution in [0.4, 0.5) is 18.9 Å². The van der Waals surface area contributed by atoms with Crippen molar-refractivity contribution < 1.29 is 22.8 Å². The SMILES string of the molecule is O=C(NCCCc1cccc(N2CC3CN(C(=O)c4c(F)cccc4Cl)CC3C2)c1)c1c(F)cccc1F. The molecule has 0 bridgehead atoms. The molecule has 2 aliphatic heterocycles. The van der Waals surface area contributed by atoms with Gasteiger partial charge in [-0.15, -0.1) is 0 Å². The Balaban J connectivity index is 1.13. The molecule has 0 saturated carbocycles. The van der Waals surface area contributed by atoms with E-state index in [-0.39, 0.29) is 16.5 Å². The number of nitrogens with zero attached hydrogens (tertiary/aromatic N) is 2. The Morgan fingerprint density at radius 2 is 1.45 bits per heavy atom. The van der Waals surface area contributed by atoms with Gasteiger partial charge in [-0.25, -0.2) is 13.2 Å². The van der Waals surface area contributed by atoms with E-state index >= 15 is 0 Å². The predicted octanol–water partition coefficient (Wildman–Crippen LogP) is 5.33. The van der Waals surface area contributed by atoms with E-state index < -0.39 is 28.9 Å². The Morgan fingerprint density at radius 3 is 2.11 bits per heavy atom. The number of nitrogens with one attached hydrogen (secondary N) is 1. The molecule has 2 aliphatic rings. The molecule has 198 valence electrons. The first kappa shape index (κ1) is 26.1. The van der Waals surface area contributed by atoms with Crippen molar-refractivity contribution in [1.82, 2.24) is 10.2 Å². The number of hydrogen-bond acceptors (Lipinski definition) is 3. The summed E-state index contributed by atoms with van der Waals surface area (Å²) in [6.07, 6.45) is 1.31. The number of likely N-dealkylation sites (tertiary alicyclic amines) is 1. The van der Waals surface area contributed by atoms with Gasteiger partial charge in [0.1, 0.15) is 23.0 Å². The minimum Gasteiger partial charge on any atom is -0.371 e. The smallest absolute Gasteiger partial charge is 0.258 e. The molecule has 0 spiro atoms. The highest BCUT2D eigenvalue weighted by Gasteiger charge is 2.42. The molecule has 9 heteroatoms. The van der Waals surface area contributed by atoms with Gasteiger partial charge in [-0.1, -0.05) is 35.9 Å². The summed E-state index contributed by atoms with van der Waals surface area (Å²) in [4.78, 5) is 29.1. The lowest BCUT2D eigenvalue weighted by Gasteiger charge is -2.24. The second-order valence-electron chi connectivity index (χ2n) is 9.86. The van der Waals surface area contributed by atoms with Crippen molar-refractivity contribution in [3.63, 3.8) is 0 Å². The number of rotatable bonds is 7. The van der Waals surface area contributed by atoms with Gasteiger partial charge in [-0.05, 0) is 54.8 Å². The summed E-state index contributed by atoms with van der Waals surface area (Å²) in [5.41, 5.74) is 1.56. The van der Waals surface area contributed by atoms with Gasteiger partial charge in [0.2, 0.25) is 0 Å². The Hall–Kier alpha value is -3.52. The molecular formula is C29H27ClF3N3O2. The van der Waals surface area contributed by atoms with Crippen LogP contribution in [0.1, 0.15) is 32.7 Å². The number of carbonyl (C=O) groups is 2. The molecule has 3 aromatic rings. The lowest BCUT2D eigenvalue weighted by atomic mass is 10.0. The first-order chi connectivity index (χ1) is 18.3. The number of hydrogen-bond donors (Lipinski definition) is 1. The van der Waals surface area contributed by atoms with Crippen LogP contribution in [0.5, 0.6) is 0 Å². The van der Waals surface area contributed by atoms with E-state index in [0.717, 1.165) is 36.5 Å². The van der Waals surface area contributed by atoms with Gasteiger partial charge in [-0.3, -0.25) is 9.59 Å². The Kier molecular flexibility index (Phi) is 7.61. The third kappa shape index (κ3) is 5.36. The Bertz CT molecular complexity index is 1310. The lowest BCUT2D eigenvalue weighted by Crippen LogP contribution is -2.34. The maximum Gasteiger partial charge on any atom is 0.258 e. The molecule has 2 unspecified atom stereocenters.